The Morgan fingerprint density at radius 2 is 1.94 bits per heavy atom. The smallest absolute Gasteiger partial charge is 0.344 e. The number of nitrogens with zero attached hydrogens (tertiary/aromatic N) is 1. The number of thioether (sulfide) groups is 1. The third-order valence-electron chi connectivity index (χ3n) is 4.18. The van der Waals surface area contributed by atoms with Crippen molar-refractivity contribution in [2.75, 3.05) is 13.7 Å². The van der Waals surface area contributed by atoms with Gasteiger partial charge in [0.25, 0.3) is 5.91 Å². The molecule has 0 radical (unpaired) electrons. The van der Waals surface area contributed by atoms with Crippen LogP contribution in [0.3, 0.4) is 0 Å². The number of esters is 1. The van der Waals surface area contributed by atoms with Crippen LogP contribution in [0.25, 0.3) is 6.08 Å². The van der Waals surface area contributed by atoms with Crippen molar-refractivity contribution >= 4 is 46.4 Å². The standard InChI is InChI=1S/C22H18ClNO6S/c1-3-30-22(28)18-19(26)17(11-12-8-9-16(29-2)15(25)10-12)31-21(18)24-20(27)13-6-4-5-7-14(13)23/h4-11,25-26H,3H2,1-2H3/b17-11-,24-21?. The van der Waals surface area contributed by atoms with Crippen LogP contribution < -0.4 is 4.74 Å². The van der Waals surface area contributed by atoms with Gasteiger partial charge in [-0.05, 0) is 42.8 Å². The lowest BCUT2D eigenvalue weighted by Crippen LogP contribution is -2.14. The number of aliphatic hydroxyl groups is 1. The molecule has 1 aliphatic rings. The molecule has 0 atom stereocenters. The van der Waals surface area contributed by atoms with Crippen molar-refractivity contribution in [3.05, 3.63) is 74.9 Å². The quantitative estimate of drug-likeness (QED) is 0.621. The zero-order valence-corrected chi connectivity index (χ0v) is 18.2. The van der Waals surface area contributed by atoms with Crippen molar-refractivity contribution in [2.24, 2.45) is 4.99 Å². The molecule has 0 unspecified atom stereocenters. The molecule has 0 saturated heterocycles. The molecule has 0 spiro atoms. The highest BCUT2D eigenvalue weighted by molar-refractivity contribution is 8.18. The van der Waals surface area contributed by atoms with Gasteiger partial charge in [0.1, 0.15) is 16.4 Å². The Labute approximate surface area is 187 Å². The number of rotatable bonds is 5. The van der Waals surface area contributed by atoms with Gasteiger partial charge in [-0.1, -0.05) is 41.6 Å². The van der Waals surface area contributed by atoms with Gasteiger partial charge < -0.3 is 19.7 Å². The summed E-state index contributed by atoms with van der Waals surface area (Å²) in [5.74, 6) is -1.63. The molecule has 0 aromatic heterocycles. The predicted octanol–water partition coefficient (Wildman–Crippen LogP) is 4.76. The summed E-state index contributed by atoms with van der Waals surface area (Å²) in [5, 5.41) is 20.9. The molecule has 7 nitrogen and oxygen atoms in total. The largest absolute Gasteiger partial charge is 0.506 e. The number of amides is 1. The lowest BCUT2D eigenvalue weighted by molar-refractivity contribution is -0.138. The molecular weight excluding hydrogens is 442 g/mol. The molecule has 0 saturated carbocycles. The predicted molar refractivity (Wildman–Crippen MR) is 120 cm³/mol. The molecule has 1 aliphatic heterocycles. The summed E-state index contributed by atoms with van der Waals surface area (Å²) in [6.07, 6.45) is 1.54. The van der Waals surface area contributed by atoms with Crippen molar-refractivity contribution in [2.45, 2.75) is 6.92 Å². The molecule has 9 heteroatoms. The summed E-state index contributed by atoms with van der Waals surface area (Å²) in [5.41, 5.74) is 0.489. The Bertz CT molecular complexity index is 1140. The molecule has 0 fully saturated rings. The Kier molecular flexibility index (Phi) is 7.04. The fraction of sp³-hybridized carbons (Fsp3) is 0.136. The van der Waals surface area contributed by atoms with Gasteiger partial charge in [0.2, 0.25) is 0 Å². The first kappa shape index (κ1) is 22.5. The van der Waals surface area contributed by atoms with Crippen molar-refractivity contribution < 1.29 is 29.3 Å². The van der Waals surface area contributed by atoms with E-state index in [2.05, 4.69) is 4.99 Å². The van der Waals surface area contributed by atoms with Gasteiger partial charge in [-0.3, -0.25) is 4.79 Å². The molecule has 0 bridgehead atoms. The summed E-state index contributed by atoms with van der Waals surface area (Å²) in [6, 6.07) is 11.0. The number of carbonyl (C=O) groups is 2. The van der Waals surface area contributed by atoms with Gasteiger partial charge in [-0.25, -0.2) is 9.79 Å². The number of carbonyl (C=O) groups excluding carboxylic acids is 2. The number of benzene rings is 2. The highest BCUT2D eigenvalue weighted by Crippen LogP contribution is 2.40. The second-order valence-electron chi connectivity index (χ2n) is 6.19. The lowest BCUT2D eigenvalue weighted by atomic mass is 10.1. The van der Waals surface area contributed by atoms with Gasteiger partial charge >= 0.3 is 5.97 Å². The molecule has 2 aromatic rings. The van der Waals surface area contributed by atoms with Crippen molar-refractivity contribution in [1.29, 1.82) is 0 Å². The minimum atomic E-state index is -0.806. The number of hydrogen-bond acceptors (Lipinski definition) is 7. The maximum atomic E-state index is 12.6. The minimum Gasteiger partial charge on any atom is -0.506 e. The highest BCUT2D eigenvalue weighted by atomic mass is 35.5. The number of methoxy groups -OCH3 is 1. The average Bonchev–Trinajstić information content (AvgIpc) is 3.03. The third kappa shape index (κ3) is 4.92. The SMILES string of the molecule is CCOC(=O)C1=C(O)/C(=C/c2ccc(OC)c(O)c2)SC1=NC(=O)c1ccccc1Cl. The number of aromatic hydroxyl groups is 1. The molecule has 3 rings (SSSR count). The number of aliphatic hydroxyl groups excluding tert-OH is 1. The van der Waals surface area contributed by atoms with Crippen LogP contribution in [0.5, 0.6) is 11.5 Å². The van der Waals surface area contributed by atoms with E-state index in [9.17, 15) is 19.8 Å². The Hall–Kier alpha value is -3.23. The zero-order chi connectivity index (χ0) is 22.5. The third-order valence-corrected chi connectivity index (χ3v) is 5.53. The summed E-state index contributed by atoms with van der Waals surface area (Å²) in [4.78, 5) is 29.3. The van der Waals surface area contributed by atoms with Crippen LogP contribution in [-0.2, 0) is 9.53 Å². The molecule has 1 heterocycles. The number of aliphatic imine (C=N–C) groups is 1. The van der Waals surface area contributed by atoms with Crippen molar-refractivity contribution in [3.63, 3.8) is 0 Å². The van der Waals surface area contributed by atoms with E-state index in [1.165, 1.54) is 19.2 Å². The summed E-state index contributed by atoms with van der Waals surface area (Å²) in [7, 11) is 1.43. The Morgan fingerprint density at radius 3 is 2.58 bits per heavy atom. The van der Waals surface area contributed by atoms with Crippen molar-refractivity contribution in [1.82, 2.24) is 0 Å². The molecule has 160 valence electrons. The van der Waals surface area contributed by atoms with Gasteiger partial charge in [0.05, 0.1) is 29.2 Å². The monoisotopic (exact) mass is 459 g/mol. The maximum absolute atomic E-state index is 12.6. The van der Waals surface area contributed by atoms with Crippen LogP contribution >= 0.6 is 23.4 Å². The normalized spacial score (nSPS) is 16.1. The van der Waals surface area contributed by atoms with Gasteiger partial charge in [0.15, 0.2) is 11.5 Å². The summed E-state index contributed by atoms with van der Waals surface area (Å²) in [6.45, 7) is 1.71. The van der Waals surface area contributed by atoms with E-state index < -0.39 is 11.9 Å². The summed E-state index contributed by atoms with van der Waals surface area (Å²) >= 11 is 6.99. The zero-order valence-electron chi connectivity index (χ0n) is 16.6. The number of phenols is 1. The van der Waals surface area contributed by atoms with Crippen LogP contribution in [0.15, 0.2) is 63.7 Å². The molecule has 2 aromatic carbocycles. The number of hydrogen-bond donors (Lipinski definition) is 2. The van der Waals surface area contributed by atoms with Gasteiger partial charge in [-0.2, -0.15) is 0 Å². The van der Waals surface area contributed by atoms with Crippen LogP contribution in [0.4, 0.5) is 0 Å². The molecule has 0 aliphatic carbocycles. The molecule has 1 amide bonds. The van der Waals surface area contributed by atoms with Gasteiger partial charge in [0, 0.05) is 0 Å². The molecule has 2 N–H and O–H groups in total. The van der Waals surface area contributed by atoms with Crippen LogP contribution in [0, 0.1) is 0 Å². The Morgan fingerprint density at radius 1 is 1.19 bits per heavy atom. The first-order valence-electron chi connectivity index (χ1n) is 9.10. The minimum absolute atomic E-state index is 0.00940. The van der Waals surface area contributed by atoms with E-state index in [1.54, 1.807) is 43.3 Å². The molecule has 31 heavy (non-hydrogen) atoms. The number of ether oxygens (including phenoxy) is 2. The first-order chi connectivity index (χ1) is 14.8. The van der Waals surface area contributed by atoms with E-state index >= 15 is 0 Å². The van der Waals surface area contributed by atoms with E-state index in [4.69, 9.17) is 21.1 Å². The second-order valence-corrected chi connectivity index (χ2v) is 7.63. The van der Waals surface area contributed by atoms with E-state index in [0.717, 1.165) is 11.8 Å². The highest BCUT2D eigenvalue weighted by Gasteiger charge is 2.34. The average molecular weight is 460 g/mol. The van der Waals surface area contributed by atoms with E-state index in [-0.39, 0.29) is 44.2 Å². The maximum Gasteiger partial charge on any atom is 0.344 e. The lowest BCUT2D eigenvalue weighted by Gasteiger charge is -2.04. The first-order valence-corrected chi connectivity index (χ1v) is 10.3. The second kappa shape index (κ2) is 9.72. The van der Waals surface area contributed by atoms with Gasteiger partial charge in [-0.15, -0.1) is 0 Å². The van der Waals surface area contributed by atoms with E-state index in [0.29, 0.717) is 11.3 Å². The fourth-order valence-corrected chi connectivity index (χ4v) is 3.96. The number of phenolic OH excluding ortho intramolecular Hbond substituents is 1. The molecular formula is C22H18ClNO6S. The van der Waals surface area contributed by atoms with Crippen LogP contribution in [-0.4, -0.2) is 40.8 Å². The van der Waals surface area contributed by atoms with Crippen LogP contribution in [0.2, 0.25) is 5.02 Å². The topological polar surface area (TPSA) is 105 Å². The summed E-state index contributed by atoms with van der Waals surface area (Å²) < 4.78 is 10.0. The van der Waals surface area contributed by atoms with Crippen LogP contribution in [0.1, 0.15) is 22.8 Å². The van der Waals surface area contributed by atoms with Crippen molar-refractivity contribution in [3.8, 4) is 11.5 Å². The van der Waals surface area contributed by atoms with E-state index in [1.807, 2.05) is 0 Å². The Balaban J connectivity index is 2.03. The number of halogens is 1. The fourth-order valence-electron chi connectivity index (χ4n) is 2.73.